The number of phenolic OH excluding ortho intramolecular Hbond substituents is 1. The van der Waals surface area contributed by atoms with Gasteiger partial charge in [-0.2, -0.15) is 4.98 Å². The lowest BCUT2D eigenvalue weighted by atomic mass is 9.68. The SMILES string of the molecule is C=C1CCCC(CC)(Cc2noc([C@H](Cc3c[nH]c4ccccc34)NC(=O)[C@@H](N)Cc3c(C)cc(O)cc3C)n2)C1. The fourth-order valence-corrected chi connectivity index (χ4v) is 6.42. The Morgan fingerprint density at radius 1 is 1.24 bits per heavy atom. The molecule has 1 fully saturated rings. The highest BCUT2D eigenvalue weighted by molar-refractivity contribution is 5.84. The van der Waals surface area contributed by atoms with Crippen LogP contribution in [-0.4, -0.2) is 32.2 Å². The fourth-order valence-electron chi connectivity index (χ4n) is 6.42. The number of rotatable bonds is 10. The van der Waals surface area contributed by atoms with Crippen molar-refractivity contribution in [2.75, 3.05) is 0 Å². The molecule has 0 spiro atoms. The van der Waals surface area contributed by atoms with Gasteiger partial charge in [0.2, 0.25) is 11.8 Å². The number of fused-ring (bicyclic) bond motifs is 1. The first-order valence-corrected chi connectivity index (χ1v) is 14.6. The summed E-state index contributed by atoms with van der Waals surface area (Å²) in [5, 5.41) is 18.5. The molecule has 5 N–H and O–H groups in total. The summed E-state index contributed by atoms with van der Waals surface area (Å²) in [5.41, 5.74) is 12.6. The summed E-state index contributed by atoms with van der Waals surface area (Å²) in [4.78, 5) is 21.6. The Hall–Kier alpha value is -3.91. The van der Waals surface area contributed by atoms with Gasteiger partial charge in [-0.05, 0) is 98.2 Å². The number of carbonyl (C=O) groups is 1. The molecule has 3 atom stereocenters. The van der Waals surface area contributed by atoms with Gasteiger partial charge in [0.05, 0.1) is 6.04 Å². The van der Waals surface area contributed by atoms with Crippen LogP contribution < -0.4 is 11.1 Å². The van der Waals surface area contributed by atoms with Crippen LogP contribution in [-0.2, 0) is 24.1 Å². The average molecular weight is 556 g/mol. The van der Waals surface area contributed by atoms with Crippen LogP contribution >= 0.6 is 0 Å². The summed E-state index contributed by atoms with van der Waals surface area (Å²) < 4.78 is 5.82. The molecule has 1 amide bonds. The number of allylic oxidation sites excluding steroid dienone is 1. The van der Waals surface area contributed by atoms with Crippen LogP contribution in [0.15, 0.2) is 59.3 Å². The van der Waals surface area contributed by atoms with Gasteiger partial charge in [0, 0.05) is 29.9 Å². The number of aromatic hydroxyl groups is 1. The van der Waals surface area contributed by atoms with E-state index in [0.717, 1.165) is 71.7 Å². The number of nitrogens with one attached hydrogen (secondary N) is 2. The Balaban J connectivity index is 1.39. The Morgan fingerprint density at radius 3 is 2.73 bits per heavy atom. The number of aryl methyl sites for hydroxylation is 2. The van der Waals surface area contributed by atoms with E-state index in [9.17, 15) is 9.90 Å². The van der Waals surface area contributed by atoms with Crippen LogP contribution in [0.25, 0.3) is 10.9 Å². The van der Waals surface area contributed by atoms with E-state index in [0.29, 0.717) is 24.6 Å². The Bertz CT molecular complexity index is 1530. The summed E-state index contributed by atoms with van der Waals surface area (Å²) in [6.07, 6.45) is 8.84. The van der Waals surface area contributed by atoms with Crippen molar-refractivity contribution in [3.05, 3.63) is 88.7 Å². The van der Waals surface area contributed by atoms with Gasteiger partial charge in [-0.15, -0.1) is 0 Å². The Morgan fingerprint density at radius 2 is 2.00 bits per heavy atom. The number of carbonyl (C=O) groups excluding carboxylic acids is 1. The number of amides is 1. The van der Waals surface area contributed by atoms with Gasteiger partial charge in [-0.3, -0.25) is 4.79 Å². The topological polar surface area (TPSA) is 130 Å². The maximum absolute atomic E-state index is 13.5. The molecular formula is C33H41N5O3. The van der Waals surface area contributed by atoms with Crippen molar-refractivity contribution in [2.45, 2.75) is 84.2 Å². The summed E-state index contributed by atoms with van der Waals surface area (Å²) >= 11 is 0. The summed E-state index contributed by atoms with van der Waals surface area (Å²) in [6.45, 7) is 10.3. The normalized spacial score (nSPS) is 18.9. The van der Waals surface area contributed by atoms with E-state index in [1.807, 2.05) is 38.2 Å². The van der Waals surface area contributed by atoms with Crippen molar-refractivity contribution >= 4 is 16.8 Å². The highest BCUT2D eigenvalue weighted by Crippen LogP contribution is 2.43. The maximum Gasteiger partial charge on any atom is 0.249 e. The van der Waals surface area contributed by atoms with Crippen molar-refractivity contribution in [3.8, 4) is 5.75 Å². The third-order valence-corrected chi connectivity index (χ3v) is 8.78. The van der Waals surface area contributed by atoms with E-state index < -0.39 is 12.1 Å². The molecule has 0 saturated heterocycles. The average Bonchev–Trinajstić information content (AvgIpc) is 3.57. The monoisotopic (exact) mass is 555 g/mol. The van der Waals surface area contributed by atoms with Crippen LogP contribution in [0.5, 0.6) is 5.75 Å². The molecular weight excluding hydrogens is 514 g/mol. The molecule has 4 aromatic rings. The zero-order valence-corrected chi connectivity index (χ0v) is 24.3. The molecule has 216 valence electrons. The number of phenols is 1. The van der Waals surface area contributed by atoms with Gasteiger partial charge < -0.3 is 25.7 Å². The minimum atomic E-state index is -0.790. The zero-order chi connectivity index (χ0) is 29.1. The Kier molecular flexibility index (Phi) is 8.31. The summed E-state index contributed by atoms with van der Waals surface area (Å²) in [5.74, 6) is 0.948. The van der Waals surface area contributed by atoms with Gasteiger partial charge >= 0.3 is 0 Å². The second-order valence-corrected chi connectivity index (χ2v) is 11.9. The first-order chi connectivity index (χ1) is 19.7. The molecule has 5 rings (SSSR count). The smallest absolute Gasteiger partial charge is 0.249 e. The van der Waals surface area contributed by atoms with Crippen molar-refractivity contribution in [3.63, 3.8) is 0 Å². The van der Waals surface area contributed by atoms with Crippen LogP contribution in [0, 0.1) is 19.3 Å². The molecule has 8 heteroatoms. The fraction of sp³-hybridized carbons (Fsp3) is 0.424. The first-order valence-electron chi connectivity index (χ1n) is 14.6. The molecule has 1 aliphatic carbocycles. The third kappa shape index (κ3) is 6.38. The van der Waals surface area contributed by atoms with Crippen LogP contribution in [0.4, 0.5) is 0 Å². The van der Waals surface area contributed by atoms with Crippen LogP contribution in [0.3, 0.4) is 0 Å². The van der Waals surface area contributed by atoms with Crippen molar-refractivity contribution < 1.29 is 14.4 Å². The molecule has 0 aliphatic heterocycles. The molecule has 1 aliphatic rings. The molecule has 0 bridgehead atoms. The molecule has 0 radical (unpaired) electrons. The minimum absolute atomic E-state index is 0.0915. The number of aromatic nitrogens is 3. The van der Waals surface area contributed by atoms with E-state index in [4.69, 9.17) is 15.2 Å². The molecule has 41 heavy (non-hydrogen) atoms. The van der Waals surface area contributed by atoms with Gasteiger partial charge in [-0.25, -0.2) is 0 Å². The van der Waals surface area contributed by atoms with E-state index in [-0.39, 0.29) is 17.1 Å². The summed E-state index contributed by atoms with van der Waals surface area (Å²) in [7, 11) is 0. The standard InChI is InChI=1S/C33H41N5O3/c1-5-33(12-8-9-20(2)17-33)18-30-37-32(41-38-30)29(15-23-19-35-28-11-7-6-10-25(23)28)36-31(40)27(34)16-26-21(3)13-24(39)14-22(26)4/h6-7,10-11,13-14,19,27,29,35,39H,2,5,8-9,12,15-18,34H2,1,3-4H3,(H,36,40)/t27-,29-,33?/m0/s1. The minimum Gasteiger partial charge on any atom is -0.508 e. The Labute approximate surface area is 241 Å². The summed E-state index contributed by atoms with van der Waals surface area (Å²) in [6, 6.07) is 10.1. The van der Waals surface area contributed by atoms with Crippen molar-refractivity contribution in [1.82, 2.24) is 20.4 Å². The number of hydrogen-bond donors (Lipinski definition) is 4. The van der Waals surface area contributed by atoms with Gasteiger partial charge in [-0.1, -0.05) is 42.4 Å². The number of benzene rings is 2. The highest BCUT2D eigenvalue weighted by Gasteiger charge is 2.34. The van der Waals surface area contributed by atoms with E-state index >= 15 is 0 Å². The van der Waals surface area contributed by atoms with Gasteiger partial charge in [0.15, 0.2) is 5.82 Å². The number of aromatic amines is 1. The second-order valence-electron chi connectivity index (χ2n) is 11.9. The number of para-hydroxylation sites is 1. The lowest BCUT2D eigenvalue weighted by molar-refractivity contribution is -0.123. The van der Waals surface area contributed by atoms with Crippen LogP contribution in [0.1, 0.15) is 79.0 Å². The van der Waals surface area contributed by atoms with Gasteiger partial charge in [0.1, 0.15) is 11.8 Å². The number of nitrogens with two attached hydrogens (primary N) is 1. The largest absolute Gasteiger partial charge is 0.508 e. The third-order valence-electron chi connectivity index (χ3n) is 8.78. The molecule has 1 saturated carbocycles. The predicted octanol–water partition coefficient (Wildman–Crippen LogP) is 5.91. The quantitative estimate of drug-likeness (QED) is 0.180. The van der Waals surface area contributed by atoms with E-state index in [2.05, 4.69) is 35.0 Å². The van der Waals surface area contributed by atoms with E-state index in [1.165, 1.54) is 5.57 Å². The van der Waals surface area contributed by atoms with Crippen molar-refractivity contribution in [1.29, 1.82) is 0 Å². The number of hydrogen-bond acceptors (Lipinski definition) is 6. The zero-order valence-electron chi connectivity index (χ0n) is 24.3. The number of H-pyrrole nitrogens is 1. The molecule has 2 heterocycles. The lowest BCUT2D eigenvalue weighted by Gasteiger charge is -2.36. The van der Waals surface area contributed by atoms with Crippen LogP contribution in [0.2, 0.25) is 0 Å². The highest BCUT2D eigenvalue weighted by atomic mass is 16.5. The second kappa shape index (κ2) is 11.9. The molecule has 8 nitrogen and oxygen atoms in total. The lowest BCUT2D eigenvalue weighted by Crippen LogP contribution is -2.44. The maximum atomic E-state index is 13.5. The first kappa shape index (κ1) is 28.6. The predicted molar refractivity (Wildman–Crippen MR) is 160 cm³/mol. The van der Waals surface area contributed by atoms with Crippen molar-refractivity contribution in [2.24, 2.45) is 11.1 Å². The molecule has 1 unspecified atom stereocenters. The van der Waals surface area contributed by atoms with Gasteiger partial charge in [0.25, 0.3) is 0 Å². The van der Waals surface area contributed by atoms with E-state index in [1.54, 1.807) is 12.1 Å². The molecule has 2 aromatic heterocycles. The molecule has 2 aromatic carbocycles. The number of nitrogens with zero attached hydrogens (tertiary/aromatic N) is 2.